The van der Waals surface area contributed by atoms with Crippen molar-refractivity contribution in [1.82, 2.24) is 0 Å². The molecule has 0 aromatic carbocycles. The smallest absolute Gasteiger partial charge is 0.843 e. The summed E-state index contributed by atoms with van der Waals surface area (Å²) in [4.78, 5) is 0. The Bertz CT molecular complexity index is 32.1. The van der Waals surface area contributed by atoms with Crippen LogP contribution in [0.3, 0.4) is 0 Å². The molecular weight excluding hydrogens is 302 g/mol. The molecule has 0 saturated heterocycles. The summed E-state index contributed by atoms with van der Waals surface area (Å²) in [5, 5.41) is 34.8. The van der Waals surface area contributed by atoms with Crippen LogP contribution in [0.15, 0.2) is 0 Å². The first-order valence-corrected chi connectivity index (χ1v) is 4.36. The zero-order valence-electron chi connectivity index (χ0n) is 6.47. The third kappa shape index (κ3) is 640. The minimum absolute atomic E-state index is 0. The Morgan fingerprint density at radius 1 is 0.538 bits per heavy atom. The Morgan fingerprint density at radius 3 is 0.538 bits per heavy atom. The van der Waals surface area contributed by atoms with Crippen molar-refractivity contribution in [1.29, 1.82) is 0 Å². The number of hydrogen-bond donors (Lipinski definition) is 0. The zero-order valence-corrected chi connectivity index (χ0v) is 11.1. The van der Waals surface area contributed by atoms with Gasteiger partial charge in [-0.1, -0.05) is 24.3 Å². The van der Waals surface area contributed by atoms with E-state index in [2.05, 4.69) is 46.4 Å². The molecule has 0 spiro atoms. The minimum Gasteiger partial charge on any atom is -0.843 e. The van der Waals surface area contributed by atoms with Gasteiger partial charge < -0.3 is 20.4 Å². The predicted octanol–water partition coefficient (Wildman–Crippen LogP) is -1.83. The van der Waals surface area contributed by atoms with Crippen molar-refractivity contribution < 1.29 is 42.1 Å². The van der Waals surface area contributed by atoms with Gasteiger partial charge >= 0.3 is 21.7 Å². The van der Waals surface area contributed by atoms with Crippen LogP contribution in [0.4, 0.5) is 0 Å². The van der Waals surface area contributed by atoms with Gasteiger partial charge in [-0.2, -0.15) is 0 Å². The molecule has 0 atom stereocenters. The quantitative estimate of drug-likeness (QED) is 0.389. The van der Waals surface area contributed by atoms with Crippen molar-refractivity contribution in [2.75, 3.05) is 24.3 Å². The van der Waals surface area contributed by atoms with E-state index in [1.807, 2.05) is 0 Å². The predicted molar refractivity (Wildman–Crippen MR) is 42.9 cm³/mol. The van der Waals surface area contributed by atoms with E-state index in [0.29, 0.717) is 0 Å². The van der Waals surface area contributed by atoms with Gasteiger partial charge in [-0.3, -0.25) is 0 Å². The van der Waals surface area contributed by atoms with E-state index in [-0.39, 0.29) is 21.7 Å². The molecule has 80 valence electrons. The Balaban J connectivity index is -0.0000000213. The summed E-state index contributed by atoms with van der Waals surface area (Å²) in [5.74, 6) is 0. The number of rotatable bonds is 0. The van der Waals surface area contributed by atoms with E-state index in [1.54, 1.807) is 0 Å². The molecule has 4 nitrogen and oxygen atoms in total. The molecular formula is C4H8Cl4O4Ti. The van der Waals surface area contributed by atoms with Crippen molar-refractivity contribution in [3.05, 3.63) is 0 Å². The van der Waals surface area contributed by atoms with Crippen LogP contribution in [0.5, 0.6) is 0 Å². The maximum atomic E-state index is 8.70. The molecule has 0 aliphatic heterocycles. The summed E-state index contributed by atoms with van der Waals surface area (Å²) in [6.07, 6.45) is 0. The first kappa shape index (κ1) is 29.3. The SMILES string of the molecule is [O-]CCl.[O-]CCl.[O-]CCl.[O-]CCl.[Ti+4]. The molecule has 0 aromatic rings. The van der Waals surface area contributed by atoms with Crippen LogP contribution in [-0.2, 0) is 21.7 Å². The van der Waals surface area contributed by atoms with Crippen LogP contribution in [0.25, 0.3) is 0 Å². The average Bonchev–Trinajstić information content (AvgIpc) is 1.92. The van der Waals surface area contributed by atoms with E-state index < -0.39 is 24.3 Å². The first-order valence-electron chi connectivity index (χ1n) is 2.22. The van der Waals surface area contributed by atoms with Crippen molar-refractivity contribution >= 4 is 46.4 Å². The molecule has 0 radical (unpaired) electrons. The summed E-state index contributed by atoms with van der Waals surface area (Å²) in [7, 11) is 0. The van der Waals surface area contributed by atoms with Crippen LogP contribution in [0, 0.1) is 0 Å². The fraction of sp³-hybridized carbons (Fsp3) is 1.00. The van der Waals surface area contributed by atoms with Crippen molar-refractivity contribution in [3.63, 3.8) is 0 Å². The Kier molecular flexibility index (Phi) is 153. The van der Waals surface area contributed by atoms with Gasteiger partial charge in [-0.05, 0) is 0 Å². The third-order valence-electron chi connectivity index (χ3n) is 0. The second-order valence-corrected chi connectivity index (χ2v) is 1.31. The average molecular weight is 310 g/mol. The molecule has 0 bridgehead atoms. The number of hydrogen-bond acceptors (Lipinski definition) is 4. The van der Waals surface area contributed by atoms with Crippen molar-refractivity contribution in [2.45, 2.75) is 0 Å². The molecule has 0 heterocycles. The second kappa shape index (κ2) is 67.9. The largest absolute Gasteiger partial charge is 4.00 e. The monoisotopic (exact) mass is 308 g/mol. The maximum Gasteiger partial charge on any atom is 4.00 e. The van der Waals surface area contributed by atoms with Gasteiger partial charge in [0.1, 0.15) is 0 Å². The molecule has 0 saturated carbocycles. The molecule has 13 heavy (non-hydrogen) atoms. The van der Waals surface area contributed by atoms with Crippen LogP contribution in [0.1, 0.15) is 0 Å². The van der Waals surface area contributed by atoms with Gasteiger partial charge in [-0.25, -0.2) is 0 Å². The third-order valence-corrected chi connectivity index (χ3v) is 0. The number of alkyl halides is 4. The Morgan fingerprint density at radius 2 is 0.538 bits per heavy atom. The van der Waals surface area contributed by atoms with Gasteiger partial charge in [0.2, 0.25) is 0 Å². The van der Waals surface area contributed by atoms with Crippen molar-refractivity contribution in [3.8, 4) is 0 Å². The maximum absolute atomic E-state index is 8.70. The summed E-state index contributed by atoms with van der Waals surface area (Å²) in [5.41, 5.74) is 0. The minimum atomic E-state index is -0.528. The van der Waals surface area contributed by atoms with Crippen molar-refractivity contribution in [2.24, 2.45) is 0 Å². The van der Waals surface area contributed by atoms with Crippen LogP contribution in [-0.4, -0.2) is 24.3 Å². The second-order valence-electron chi connectivity index (χ2n) is 0.436. The Labute approximate surface area is 112 Å². The van der Waals surface area contributed by atoms with Crippen LogP contribution < -0.4 is 20.4 Å². The normalized spacial score (nSPS) is 5.54. The van der Waals surface area contributed by atoms with Crippen LogP contribution >= 0.6 is 46.4 Å². The van der Waals surface area contributed by atoms with Crippen LogP contribution in [0.2, 0.25) is 0 Å². The summed E-state index contributed by atoms with van der Waals surface area (Å²) < 4.78 is 0. The molecule has 0 fully saturated rings. The van der Waals surface area contributed by atoms with E-state index in [0.717, 1.165) is 0 Å². The molecule has 0 rings (SSSR count). The summed E-state index contributed by atoms with van der Waals surface area (Å²) in [6.45, 7) is 0. The van der Waals surface area contributed by atoms with Gasteiger partial charge in [0, 0.05) is 0 Å². The summed E-state index contributed by atoms with van der Waals surface area (Å²) >= 11 is 17.8. The number of halogens is 4. The van der Waals surface area contributed by atoms with E-state index in [4.69, 9.17) is 20.4 Å². The summed E-state index contributed by atoms with van der Waals surface area (Å²) in [6, 6.07) is -2.11. The fourth-order valence-corrected chi connectivity index (χ4v) is 0. The van der Waals surface area contributed by atoms with Gasteiger partial charge in [0.25, 0.3) is 0 Å². The molecule has 0 amide bonds. The molecule has 0 aromatic heterocycles. The van der Waals surface area contributed by atoms with E-state index in [1.165, 1.54) is 0 Å². The van der Waals surface area contributed by atoms with Gasteiger partial charge in [0.05, 0.1) is 0 Å². The van der Waals surface area contributed by atoms with E-state index in [9.17, 15) is 0 Å². The fourth-order valence-electron chi connectivity index (χ4n) is 0. The van der Waals surface area contributed by atoms with Gasteiger partial charge in [0.15, 0.2) is 0 Å². The molecule has 0 unspecified atom stereocenters. The van der Waals surface area contributed by atoms with E-state index >= 15 is 0 Å². The standard InChI is InChI=1S/4CH2ClO.Ti/c4*2-1-3;/h4*1H2;/q4*-1;+4. The Hall–Kier alpha value is 1.71. The molecule has 0 aliphatic carbocycles. The molecule has 0 aliphatic rings. The first-order chi connectivity index (χ1) is 5.66. The van der Waals surface area contributed by atoms with Gasteiger partial charge in [-0.15, -0.1) is 46.4 Å². The molecule has 9 heteroatoms. The topological polar surface area (TPSA) is 92.2 Å². The molecule has 0 N–H and O–H groups in total. The zero-order chi connectivity index (χ0) is 10.8.